The van der Waals surface area contributed by atoms with Gasteiger partial charge in [-0.25, -0.2) is 0 Å². The lowest BCUT2D eigenvalue weighted by Crippen LogP contribution is -2.43. The highest BCUT2D eigenvalue weighted by Crippen LogP contribution is 2.27. The molecule has 0 heterocycles. The predicted molar refractivity (Wildman–Crippen MR) is 69.3 cm³/mol. The molecule has 5 nitrogen and oxygen atoms in total. The number of carboxylic acids is 1. The van der Waals surface area contributed by atoms with Crippen molar-refractivity contribution in [3.63, 3.8) is 0 Å². The maximum absolute atomic E-state index is 12.0. The molecule has 1 saturated carbocycles. The lowest BCUT2D eigenvalue weighted by atomic mass is 10.1. The fourth-order valence-electron chi connectivity index (χ4n) is 2.06. The Balaban J connectivity index is 2.52. The third-order valence-electron chi connectivity index (χ3n) is 3.45. The maximum Gasteiger partial charge on any atom is 0.307 e. The van der Waals surface area contributed by atoms with Gasteiger partial charge in [-0.05, 0) is 26.7 Å². The van der Waals surface area contributed by atoms with Crippen LogP contribution in [0.15, 0.2) is 0 Å². The van der Waals surface area contributed by atoms with E-state index in [9.17, 15) is 9.59 Å². The maximum atomic E-state index is 12.0. The van der Waals surface area contributed by atoms with Crippen LogP contribution >= 0.6 is 0 Å². The molecule has 1 amide bonds. The summed E-state index contributed by atoms with van der Waals surface area (Å²) in [7, 11) is 0. The molecule has 0 bridgehead atoms. The summed E-state index contributed by atoms with van der Waals surface area (Å²) in [5.41, 5.74) is 0. The minimum atomic E-state index is -0.795. The van der Waals surface area contributed by atoms with E-state index in [0.717, 1.165) is 12.8 Å². The number of hydrogen-bond donors (Lipinski definition) is 1. The van der Waals surface area contributed by atoms with Gasteiger partial charge >= 0.3 is 5.97 Å². The fraction of sp³-hybridized carbons (Fsp3) is 0.846. The van der Waals surface area contributed by atoms with Crippen LogP contribution in [-0.4, -0.2) is 59.0 Å². The van der Waals surface area contributed by atoms with E-state index in [2.05, 4.69) is 0 Å². The minimum Gasteiger partial charge on any atom is -0.481 e. The van der Waals surface area contributed by atoms with Crippen LogP contribution in [0.4, 0.5) is 0 Å². The molecular weight excluding hydrogens is 232 g/mol. The van der Waals surface area contributed by atoms with Gasteiger partial charge in [-0.15, -0.1) is 0 Å². The van der Waals surface area contributed by atoms with Crippen LogP contribution in [0.2, 0.25) is 0 Å². The lowest BCUT2D eigenvalue weighted by Gasteiger charge is -2.27. The molecule has 18 heavy (non-hydrogen) atoms. The summed E-state index contributed by atoms with van der Waals surface area (Å²) in [5.74, 6) is -1.12. The van der Waals surface area contributed by atoms with Gasteiger partial charge < -0.3 is 10.0 Å². The average Bonchev–Trinajstić information content (AvgIpc) is 3.13. The number of carbonyl (C=O) groups excluding carboxylic acids is 1. The van der Waals surface area contributed by atoms with E-state index in [4.69, 9.17) is 5.11 Å². The molecular formula is C13H24N2O3. The highest BCUT2D eigenvalue weighted by Gasteiger charge is 2.32. The van der Waals surface area contributed by atoms with E-state index in [1.165, 1.54) is 0 Å². The summed E-state index contributed by atoms with van der Waals surface area (Å²) in [5, 5.41) is 8.95. The Morgan fingerprint density at radius 2 is 1.83 bits per heavy atom. The number of rotatable bonds is 8. The number of amides is 1. The SMILES string of the molecule is CCN(CC)C(=O)CN(CC(C)C(=O)O)C1CC1. The Morgan fingerprint density at radius 1 is 1.28 bits per heavy atom. The van der Waals surface area contributed by atoms with E-state index >= 15 is 0 Å². The number of aliphatic carboxylic acids is 1. The first-order chi connectivity index (χ1) is 8.49. The van der Waals surface area contributed by atoms with Crippen molar-refractivity contribution in [3.05, 3.63) is 0 Å². The molecule has 0 radical (unpaired) electrons. The first-order valence-corrected chi connectivity index (χ1v) is 6.74. The summed E-state index contributed by atoms with van der Waals surface area (Å²) >= 11 is 0. The van der Waals surface area contributed by atoms with Crippen LogP contribution in [0.1, 0.15) is 33.6 Å². The minimum absolute atomic E-state index is 0.101. The molecule has 0 spiro atoms. The molecule has 1 rings (SSSR count). The van der Waals surface area contributed by atoms with Crippen LogP contribution < -0.4 is 0 Å². The zero-order valence-electron chi connectivity index (χ0n) is 11.6. The summed E-state index contributed by atoms with van der Waals surface area (Å²) in [6.45, 7) is 7.85. The predicted octanol–water partition coefficient (Wildman–Crippen LogP) is 1.04. The molecule has 0 aromatic heterocycles. The Hall–Kier alpha value is -1.10. The topological polar surface area (TPSA) is 60.9 Å². The molecule has 1 aliphatic carbocycles. The molecule has 5 heteroatoms. The molecule has 1 fully saturated rings. The van der Waals surface area contributed by atoms with Crippen molar-refractivity contribution < 1.29 is 14.7 Å². The number of likely N-dealkylation sites (N-methyl/N-ethyl adjacent to an activating group) is 1. The lowest BCUT2D eigenvalue weighted by molar-refractivity contribution is -0.142. The number of nitrogens with zero attached hydrogens (tertiary/aromatic N) is 2. The standard InChI is InChI=1S/C13H24N2O3/c1-4-14(5-2)12(16)9-15(11-6-7-11)8-10(3)13(17)18/h10-11H,4-9H2,1-3H3,(H,17,18). The van der Waals surface area contributed by atoms with E-state index in [-0.39, 0.29) is 5.91 Å². The van der Waals surface area contributed by atoms with Gasteiger partial charge in [-0.1, -0.05) is 6.92 Å². The Bertz CT molecular complexity index is 299. The monoisotopic (exact) mass is 256 g/mol. The van der Waals surface area contributed by atoms with Crippen LogP contribution in [0.5, 0.6) is 0 Å². The summed E-state index contributed by atoms with van der Waals surface area (Å²) in [6.07, 6.45) is 2.16. The molecule has 0 saturated heterocycles. The van der Waals surface area contributed by atoms with Gasteiger partial charge in [-0.3, -0.25) is 14.5 Å². The fourth-order valence-corrected chi connectivity index (χ4v) is 2.06. The number of carboxylic acid groups (broad SMARTS) is 1. The van der Waals surface area contributed by atoms with Crippen molar-refractivity contribution in [3.8, 4) is 0 Å². The van der Waals surface area contributed by atoms with E-state index in [0.29, 0.717) is 32.2 Å². The van der Waals surface area contributed by atoms with Crippen molar-refractivity contribution in [2.75, 3.05) is 26.2 Å². The largest absolute Gasteiger partial charge is 0.481 e. The summed E-state index contributed by atoms with van der Waals surface area (Å²) < 4.78 is 0. The first-order valence-electron chi connectivity index (χ1n) is 6.74. The van der Waals surface area contributed by atoms with Crippen LogP contribution in [0.25, 0.3) is 0 Å². The second-order valence-electron chi connectivity index (χ2n) is 4.97. The normalized spacial score (nSPS) is 16.7. The Kier molecular flexibility index (Phi) is 5.59. The van der Waals surface area contributed by atoms with Crippen LogP contribution in [0.3, 0.4) is 0 Å². The van der Waals surface area contributed by atoms with E-state index in [1.54, 1.807) is 11.8 Å². The van der Waals surface area contributed by atoms with Gasteiger partial charge in [0.25, 0.3) is 0 Å². The Labute approximate surface area is 109 Å². The van der Waals surface area contributed by atoms with Crippen molar-refractivity contribution >= 4 is 11.9 Å². The molecule has 1 unspecified atom stereocenters. The van der Waals surface area contributed by atoms with Gasteiger partial charge in [0.1, 0.15) is 0 Å². The zero-order chi connectivity index (χ0) is 13.7. The molecule has 1 aliphatic rings. The highest BCUT2D eigenvalue weighted by molar-refractivity contribution is 5.78. The van der Waals surface area contributed by atoms with Gasteiger partial charge in [0, 0.05) is 25.7 Å². The van der Waals surface area contributed by atoms with E-state index in [1.807, 2.05) is 18.7 Å². The zero-order valence-corrected chi connectivity index (χ0v) is 11.6. The van der Waals surface area contributed by atoms with Crippen molar-refractivity contribution in [1.29, 1.82) is 0 Å². The molecule has 1 N–H and O–H groups in total. The smallest absolute Gasteiger partial charge is 0.307 e. The van der Waals surface area contributed by atoms with Gasteiger partial charge in [0.15, 0.2) is 0 Å². The van der Waals surface area contributed by atoms with Crippen LogP contribution in [0, 0.1) is 5.92 Å². The van der Waals surface area contributed by atoms with Crippen molar-refractivity contribution in [2.45, 2.75) is 39.7 Å². The van der Waals surface area contributed by atoms with Crippen molar-refractivity contribution in [1.82, 2.24) is 9.80 Å². The summed E-state index contributed by atoms with van der Waals surface area (Å²) in [4.78, 5) is 26.7. The molecule has 1 atom stereocenters. The second kappa shape index (κ2) is 6.73. The number of hydrogen-bond acceptors (Lipinski definition) is 3. The number of carbonyl (C=O) groups is 2. The second-order valence-corrected chi connectivity index (χ2v) is 4.97. The molecule has 104 valence electrons. The van der Waals surface area contributed by atoms with Gasteiger partial charge in [-0.2, -0.15) is 0 Å². The summed E-state index contributed by atoms with van der Waals surface area (Å²) in [6, 6.07) is 0.409. The van der Waals surface area contributed by atoms with Crippen molar-refractivity contribution in [2.24, 2.45) is 5.92 Å². The molecule has 0 aromatic rings. The highest BCUT2D eigenvalue weighted by atomic mass is 16.4. The first kappa shape index (κ1) is 15.0. The van der Waals surface area contributed by atoms with E-state index < -0.39 is 11.9 Å². The molecule has 0 aromatic carbocycles. The molecule has 0 aliphatic heterocycles. The Morgan fingerprint density at radius 3 is 2.22 bits per heavy atom. The third-order valence-corrected chi connectivity index (χ3v) is 3.45. The van der Waals surface area contributed by atoms with Gasteiger partial charge in [0.05, 0.1) is 12.5 Å². The van der Waals surface area contributed by atoms with Gasteiger partial charge in [0.2, 0.25) is 5.91 Å². The van der Waals surface area contributed by atoms with Crippen LogP contribution in [-0.2, 0) is 9.59 Å². The quantitative estimate of drug-likeness (QED) is 0.705. The average molecular weight is 256 g/mol. The third kappa shape index (κ3) is 4.29.